The molecule has 2 fully saturated rings. The Bertz CT molecular complexity index is 565. The number of piperazine rings is 1. The van der Waals surface area contributed by atoms with Crippen molar-refractivity contribution in [3.05, 3.63) is 29.8 Å². The van der Waals surface area contributed by atoms with Crippen LogP contribution in [0.2, 0.25) is 0 Å². The summed E-state index contributed by atoms with van der Waals surface area (Å²) in [5.74, 6) is 0.284. The molecule has 0 radical (unpaired) electrons. The summed E-state index contributed by atoms with van der Waals surface area (Å²) in [5.41, 5.74) is 1.99. The molecule has 1 aromatic carbocycles. The maximum atomic E-state index is 12.9. The summed E-state index contributed by atoms with van der Waals surface area (Å²) in [6, 6.07) is 7.24. The van der Waals surface area contributed by atoms with Crippen molar-refractivity contribution >= 4 is 17.5 Å². The highest BCUT2D eigenvalue weighted by atomic mass is 16.2. The summed E-state index contributed by atoms with van der Waals surface area (Å²) >= 11 is 0. The van der Waals surface area contributed by atoms with Crippen LogP contribution < -0.4 is 4.90 Å². The predicted octanol–water partition coefficient (Wildman–Crippen LogP) is 2.36. The Morgan fingerprint density at radius 1 is 1.10 bits per heavy atom. The van der Waals surface area contributed by atoms with Gasteiger partial charge in [-0.1, -0.05) is 31.5 Å². The summed E-state index contributed by atoms with van der Waals surface area (Å²) < 4.78 is 0. The molecule has 4 nitrogen and oxygen atoms in total. The van der Waals surface area contributed by atoms with E-state index in [1.165, 1.54) is 0 Å². The van der Waals surface area contributed by atoms with E-state index in [9.17, 15) is 9.59 Å². The van der Waals surface area contributed by atoms with E-state index in [4.69, 9.17) is 0 Å². The van der Waals surface area contributed by atoms with Gasteiger partial charge >= 0.3 is 0 Å². The topological polar surface area (TPSA) is 40.6 Å². The van der Waals surface area contributed by atoms with Crippen LogP contribution in [0.5, 0.6) is 0 Å². The Morgan fingerprint density at radius 2 is 1.76 bits per heavy atom. The molecule has 3 rings (SSSR count). The average molecular weight is 286 g/mol. The van der Waals surface area contributed by atoms with Crippen molar-refractivity contribution in [3.8, 4) is 0 Å². The molecule has 0 bridgehead atoms. The van der Waals surface area contributed by atoms with Crippen molar-refractivity contribution in [3.63, 3.8) is 0 Å². The van der Waals surface area contributed by atoms with Crippen molar-refractivity contribution in [1.82, 2.24) is 4.90 Å². The molecular weight excluding hydrogens is 264 g/mol. The second kappa shape index (κ2) is 5.17. The fourth-order valence-corrected chi connectivity index (χ4v) is 3.44. The third-order valence-corrected chi connectivity index (χ3v) is 4.53. The van der Waals surface area contributed by atoms with Gasteiger partial charge < -0.3 is 4.90 Å². The SMILES string of the molecule is Cc1ccc(N2C(=O)C3CCCN3C(=O)C2C(C)C)cc1. The smallest absolute Gasteiger partial charge is 0.250 e. The van der Waals surface area contributed by atoms with Crippen LogP contribution in [0.25, 0.3) is 0 Å². The second-order valence-corrected chi connectivity index (χ2v) is 6.42. The lowest BCUT2D eigenvalue weighted by Gasteiger charge is -2.44. The normalized spacial score (nSPS) is 25.7. The first-order valence-electron chi connectivity index (χ1n) is 7.71. The Kier molecular flexibility index (Phi) is 3.47. The van der Waals surface area contributed by atoms with Crippen LogP contribution in [0.15, 0.2) is 24.3 Å². The monoisotopic (exact) mass is 286 g/mol. The lowest BCUT2D eigenvalue weighted by atomic mass is 9.95. The summed E-state index contributed by atoms with van der Waals surface area (Å²) in [6.45, 7) is 6.76. The van der Waals surface area contributed by atoms with Crippen LogP contribution in [-0.2, 0) is 9.59 Å². The molecule has 2 unspecified atom stereocenters. The molecule has 2 amide bonds. The number of benzene rings is 1. The van der Waals surface area contributed by atoms with Crippen LogP contribution in [0.1, 0.15) is 32.3 Å². The van der Waals surface area contributed by atoms with Gasteiger partial charge in [0, 0.05) is 12.2 Å². The highest BCUT2D eigenvalue weighted by molar-refractivity contribution is 6.08. The maximum Gasteiger partial charge on any atom is 0.250 e. The third kappa shape index (κ3) is 2.23. The molecule has 21 heavy (non-hydrogen) atoms. The number of carbonyl (C=O) groups is 2. The number of hydrogen-bond donors (Lipinski definition) is 0. The molecule has 2 aliphatic heterocycles. The van der Waals surface area contributed by atoms with Crippen molar-refractivity contribution < 1.29 is 9.59 Å². The van der Waals surface area contributed by atoms with Gasteiger partial charge in [0.05, 0.1) is 0 Å². The minimum absolute atomic E-state index is 0.0784. The van der Waals surface area contributed by atoms with Gasteiger partial charge in [0.2, 0.25) is 5.91 Å². The van der Waals surface area contributed by atoms with Gasteiger partial charge in [-0.05, 0) is 37.8 Å². The number of rotatable bonds is 2. The number of carbonyl (C=O) groups excluding carboxylic acids is 2. The van der Waals surface area contributed by atoms with Gasteiger partial charge in [0.1, 0.15) is 12.1 Å². The highest BCUT2D eigenvalue weighted by Gasteiger charge is 2.49. The molecule has 0 aromatic heterocycles. The van der Waals surface area contributed by atoms with Crippen LogP contribution in [-0.4, -0.2) is 35.3 Å². The summed E-state index contributed by atoms with van der Waals surface area (Å²) in [5, 5.41) is 0. The van der Waals surface area contributed by atoms with Crippen molar-refractivity contribution in [1.29, 1.82) is 0 Å². The second-order valence-electron chi connectivity index (χ2n) is 6.42. The number of hydrogen-bond acceptors (Lipinski definition) is 2. The van der Waals surface area contributed by atoms with E-state index in [0.717, 1.165) is 30.6 Å². The summed E-state index contributed by atoms with van der Waals surface area (Å²) in [4.78, 5) is 29.2. The molecule has 2 atom stereocenters. The van der Waals surface area contributed by atoms with E-state index < -0.39 is 0 Å². The quantitative estimate of drug-likeness (QED) is 0.837. The molecule has 0 spiro atoms. The van der Waals surface area contributed by atoms with E-state index in [1.54, 1.807) is 9.80 Å². The number of aryl methyl sites for hydroxylation is 1. The Labute approximate surface area is 125 Å². The minimum Gasteiger partial charge on any atom is -0.329 e. The Hall–Kier alpha value is -1.84. The van der Waals surface area contributed by atoms with Crippen LogP contribution in [0.4, 0.5) is 5.69 Å². The van der Waals surface area contributed by atoms with E-state index in [0.29, 0.717) is 0 Å². The fraction of sp³-hybridized carbons (Fsp3) is 0.529. The van der Waals surface area contributed by atoms with Crippen LogP contribution in [0.3, 0.4) is 0 Å². The zero-order valence-electron chi connectivity index (χ0n) is 12.9. The maximum absolute atomic E-state index is 12.9. The average Bonchev–Trinajstić information content (AvgIpc) is 2.93. The minimum atomic E-state index is -0.380. The molecule has 0 N–H and O–H groups in total. The van der Waals surface area contributed by atoms with Gasteiger partial charge in [-0.25, -0.2) is 0 Å². The molecule has 0 aliphatic carbocycles. The van der Waals surface area contributed by atoms with E-state index in [-0.39, 0.29) is 29.8 Å². The van der Waals surface area contributed by atoms with E-state index in [1.807, 2.05) is 45.0 Å². The first kappa shape index (κ1) is 14.1. The van der Waals surface area contributed by atoms with Crippen molar-refractivity contribution in [2.75, 3.05) is 11.4 Å². The Morgan fingerprint density at radius 3 is 2.38 bits per heavy atom. The fourth-order valence-electron chi connectivity index (χ4n) is 3.44. The van der Waals surface area contributed by atoms with Crippen molar-refractivity contribution in [2.45, 2.75) is 45.7 Å². The van der Waals surface area contributed by atoms with Crippen LogP contribution >= 0.6 is 0 Å². The third-order valence-electron chi connectivity index (χ3n) is 4.53. The molecule has 1 aromatic rings. The van der Waals surface area contributed by atoms with Gasteiger partial charge in [0.15, 0.2) is 0 Å². The standard InChI is InChI=1S/C17H22N2O2/c1-11(2)15-17(21)18-10-4-5-14(18)16(20)19(15)13-8-6-12(3)7-9-13/h6-9,11,14-15H,4-5,10H2,1-3H3. The van der Waals surface area contributed by atoms with Gasteiger partial charge in [-0.2, -0.15) is 0 Å². The largest absolute Gasteiger partial charge is 0.329 e. The molecule has 2 aliphatic rings. The van der Waals surface area contributed by atoms with Crippen LogP contribution in [0, 0.1) is 12.8 Å². The van der Waals surface area contributed by atoms with E-state index >= 15 is 0 Å². The molecule has 2 heterocycles. The highest BCUT2D eigenvalue weighted by Crippen LogP contribution is 2.33. The summed E-state index contributed by atoms with van der Waals surface area (Å²) in [7, 11) is 0. The molecule has 2 saturated heterocycles. The number of anilines is 1. The van der Waals surface area contributed by atoms with Gasteiger partial charge in [-0.15, -0.1) is 0 Å². The molecule has 4 heteroatoms. The Balaban J connectivity index is 2.03. The number of fused-ring (bicyclic) bond motifs is 1. The zero-order chi connectivity index (χ0) is 15.1. The zero-order valence-corrected chi connectivity index (χ0v) is 12.9. The summed E-state index contributed by atoms with van der Waals surface area (Å²) in [6.07, 6.45) is 1.71. The van der Waals surface area contributed by atoms with Gasteiger partial charge in [-0.3, -0.25) is 14.5 Å². The first-order valence-corrected chi connectivity index (χ1v) is 7.71. The molecular formula is C17H22N2O2. The predicted molar refractivity (Wildman–Crippen MR) is 82.0 cm³/mol. The first-order chi connectivity index (χ1) is 10.0. The van der Waals surface area contributed by atoms with Gasteiger partial charge in [0.25, 0.3) is 5.91 Å². The lowest BCUT2D eigenvalue weighted by Crippen LogP contribution is -2.64. The van der Waals surface area contributed by atoms with Crippen molar-refractivity contribution in [2.24, 2.45) is 5.92 Å². The number of nitrogens with zero attached hydrogens (tertiary/aromatic N) is 2. The number of amides is 2. The lowest BCUT2D eigenvalue weighted by molar-refractivity contribution is -0.145. The molecule has 112 valence electrons. The molecule has 0 saturated carbocycles. The van der Waals surface area contributed by atoms with E-state index in [2.05, 4.69) is 0 Å².